The fraction of sp³-hybridized carbons (Fsp3) is 0.900. The van der Waals surface area contributed by atoms with Crippen LogP contribution in [0.5, 0.6) is 0 Å². The zero-order valence-corrected chi connectivity index (χ0v) is 8.06. The first-order valence-electron chi connectivity index (χ1n) is 4.91. The number of methoxy groups -OCH3 is 1. The molecule has 5 atom stereocenters. The zero-order chi connectivity index (χ0) is 9.59. The maximum Gasteiger partial charge on any atom is 0.309 e. The van der Waals surface area contributed by atoms with Gasteiger partial charge in [0.15, 0.2) is 0 Å². The van der Waals surface area contributed by atoms with Gasteiger partial charge in [-0.2, -0.15) is 0 Å². The molecule has 0 aromatic carbocycles. The number of esters is 1. The second-order valence-corrected chi connectivity index (χ2v) is 4.37. The van der Waals surface area contributed by atoms with Crippen LogP contribution in [0.3, 0.4) is 0 Å². The summed E-state index contributed by atoms with van der Waals surface area (Å²) in [7, 11) is 1.42. The Hall–Kier alpha value is -0.570. The molecule has 0 radical (unpaired) electrons. The van der Waals surface area contributed by atoms with Gasteiger partial charge in [-0.15, -0.1) is 0 Å². The van der Waals surface area contributed by atoms with E-state index in [9.17, 15) is 9.90 Å². The highest BCUT2D eigenvalue weighted by Gasteiger charge is 2.53. The van der Waals surface area contributed by atoms with Crippen molar-refractivity contribution in [1.82, 2.24) is 0 Å². The summed E-state index contributed by atoms with van der Waals surface area (Å²) in [5, 5.41) is 9.64. The highest BCUT2D eigenvalue weighted by molar-refractivity contribution is 5.73. The van der Waals surface area contributed by atoms with E-state index >= 15 is 0 Å². The maximum absolute atomic E-state index is 11.4. The fourth-order valence-corrected chi connectivity index (χ4v) is 3.11. The molecule has 74 valence electrons. The van der Waals surface area contributed by atoms with Crippen LogP contribution in [0.1, 0.15) is 19.8 Å². The van der Waals surface area contributed by atoms with Gasteiger partial charge in [-0.25, -0.2) is 0 Å². The molecule has 3 heteroatoms. The van der Waals surface area contributed by atoms with Gasteiger partial charge < -0.3 is 9.84 Å². The van der Waals surface area contributed by atoms with Gasteiger partial charge in [-0.3, -0.25) is 4.79 Å². The molecule has 2 fully saturated rings. The number of carbonyl (C=O) groups is 1. The molecule has 0 unspecified atom stereocenters. The normalized spacial score (nSPS) is 48.1. The van der Waals surface area contributed by atoms with Crippen LogP contribution in [0.2, 0.25) is 0 Å². The number of fused-ring (bicyclic) bond motifs is 2. The van der Waals surface area contributed by atoms with E-state index in [0.29, 0.717) is 11.8 Å². The molecule has 2 aliphatic carbocycles. The first kappa shape index (κ1) is 9.00. The van der Waals surface area contributed by atoms with E-state index in [4.69, 9.17) is 4.74 Å². The summed E-state index contributed by atoms with van der Waals surface area (Å²) in [6.07, 6.45) is 1.60. The Morgan fingerprint density at radius 3 is 2.69 bits per heavy atom. The molecule has 0 saturated heterocycles. The summed E-state index contributed by atoms with van der Waals surface area (Å²) in [5.41, 5.74) is 0. The van der Waals surface area contributed by atoms with Crippen LogP contribution in [0.4, 0.5) is 0 Å². The fourth-order valence-electron chi connectivity index (χ4n) is 3.11. The first-order chi connectivity index (χ1) is 6.15. The van der Waals surface area contributed by atoms with E-state index in [1.807, 2.05) is 0 Å². The van der Waals surface area contributed by atoms with Gasteiger partial charge in [0.1, 0.15) is 0 Å². The average Bonchev–Trinajstić information content (AvgIpc) is 2.60. The molecule has 2 aliphatic rings. The highest BCUT2D eigenvalue weighted by atomic mass is 16.5. The number of carbonyl (C=O) groups excluding carboxylic acids is 1. The van der Waals surface area contributed by atoms with Crippen LogP contribution in [-0.2, 0) is 9.53 Å². The van der Waals surface area contributed by atoms with Crippen LogP contribution < -0.4 is 0 Å². The highest BCUT2D eigenvalue weighted by Crippen LogP contribution is 2.52. The summed E-state index contributed by atoms with van der Waals surface area (Å²) in [5.74, 6) is 0.884. The van der Waals surface area contributed by atoms with E-state index in [0.717, 1.165) is 12.8 Å². The molecule has 2 saturated carbocycles. The topological polar surface area (TPSA) is 46.5 Å². The molecule has 3 nitrogen and oxygen atoms in total. The van der Waals surface area contributed by atoms with Gasteiger partial charge in [0.25, 0.3) is 0 Å². The zero-order valence-electron chi connectivity index (χ0n) is 8.06. The third-order valence-corrected chi connectivity index (χ3v) is 3.86. The smallest absolute Gasteiger partial charge is 0.309 e. The van der Waals surface area contributed by atoms with Crippen molar-refractivity contribution >= 4 is 5.97 Å². The minimum atomic E-state index is -0.273. The van der Waals surface area contributed by atoms with Crippen molar-refractivity contribution in [3.63, 3.8) is 0 Å². The lowest BCUT2D eigenvalue weighted by Gasteiger charge is -2.29. The first-order valence-corrected chi connectivity index (χ1v) is 4.91. The van der Waals surface area contributed by atoms with Crippen molar-refractivity contribution in [2.24, 2.45) is 23.7 Å². The molecule has 0 aromatic rings. The standard InChI is InChI=1S/C10H16O3/c1-5-6-3-7(8(11)4-6)9(5)10(12)13-2/h5-9,11H,3-4H2,1-2H3/t5-,6+,7-,8-,9+/m1/s1. The van der Waals surface area contributed by atoms with Crippen LogP contribution in [0.25, 0.3) is 0 Å². The minimum absolute atomic E-state index is 0.0567. The molecule has 1 N–H and O–H groups in total. The van der Waals surface area contributed by atoms with E-state index in [2.05, 4.69) is 6.92 Å². The third kappa shape index (κ3) is 1.17. The number of hydrogen-bond acceptors (Lipinski definition) is 3. The van der Waals surface area contributed by atoms with Crippen LogP contribution in [-0.4, -0.2) is 24.3 Å². The summed E-state index contributed by atoms with van der Waals surface area (Å²) in [4.78, 5) is 11.4. The second-order valence-electron chi connectivity index (χ2n) is 4.37. The molecule has 0 heterocycles. The molecular formula is C10H16O3. The summed E-state index contributed by atoms with van der Waals surface area (Å²) in [6.45, 7) is 2.10. The Morgan fingerprint density at radius 2 is 2.15 bits per heavy atom. The lowest BCUT2D eigenvalue weighted by Crippen LogP contribution is -2.35. The molecular weight excluding hydrogens is 168 g/mol. The van der Waals surface area contributed by atoms with E-state index in [1.54, 1.807) is 0 Å². The van der Waals surface area contributed by atoms with Crippen molar-refractivity contribution < 1.29 is 14.6 Å². The average molecular weight is 184 g/mol. The van der Waals surface area contributed by atoms with Gasteiger partial charge in [0.05, 0.1) is 19.1 Å². The molecule has 0 aliphatic heterocycles. The molecule has 0 spiro atoms. The largest absolute Gasteiger partial charge is 0.469 e. The van der Waals surface area contributed by atoms with Crippen molar-refractivity contribution in [1.29, 1.82) is 0 Å². The molecule has 0 amide bonds. The number of ether oxygens (including phenoxy) is 1. The SMILES string of the molecule is COC(=O)[C@H]1[C@H](C)[C@H]2C[C@@H]1[C@H](O)C2. The molecule has 2 rings (SSSR count). The quantitative estimate of drug-likeness (QED) is 0.613. The molecule has 0 aromatic heterocycles. The number of hydrogen-bond donors (Lipinski definition) is 1. The second kappa shape index (κ2) is 2.98. The maximum atomic E-state index is 11.4. The van der Waals surface area contributed by atoms with Crippen molar-refractivity contribution in [3.05, 3.63) is 0 Å². The van der Waals surface area contributed by atoms with Crippen molar-refractivity contribution in [2.75, 3.05) is 7.11 Å². The van der Waals surface area contributed by atoms with E-state index in [1.165, 1.54) is 7.11 Å². The molecule has 13 heavy (non-hydrogen) atoms. The lowest BCUT2D eigenvalue weighted by molar-refractivity contribution is -0.151. The summed E-state index contributed by atoms with van der Waals surface area (Å²) in [6, 6.07) is 0. The minimum Gasteiger partial charge on any atom is -0.469 e. The Morgan fingerprint density at radius 1 is 1.46 bits per heavy atom. The monoisotopic (exact) mass is 184 g/mol. The van der Waals surface area contributed by atoms with E-state index < -0.39 is 0 Å². The van der Waals surface area contributed by atoms with Crippen molar-refractivity contribution in [2.45, 2.75) is 25.9 Å². The van der Waals surface area contributed by atoms with E-state index in [-0.39, 0.29) is 23.9 Å². The number of aliphatic hydroxyl groups is 1. The summed E-state index contributed by atoms with van der Waals surface area (Å²) >= 11 is 0. The van der Waals surface area contributed by atoms with Gasteiger partial charge in [0, 0.05) is 0 Å². The Labute approximate surface area is 78.1 Å². The van der Waals surface area contributed by atoms with Gasteiger partial charge >= 0.3 is 5.97 Å². The van der Waals surface area contributed by atoms with Gasteiger partial charge in [-0.1, -0.05) is 6.92 Å². The lowest BCUT2D eigenvalue weighted by atomic mass is 9.79. The summed E-state index contributed by atoms with van der Waals surface area (Å²) < 4.78 is 4.76. The Kier molecular flexibility index (Phi) is 2.06. The number of rotatable bonds is 1. The predicted octanol–water partition coefficient (Wildman–Crippen LogP) is 0.812. The van der Waals surface area contributed by atoms with Gasteiger partial charge in [0.2, 0.25) is 0 Å². The molecule has 2 bridgehead atoms. The van der Waals surface area contributed by atoms with Gasteiger partial charge in [-0.05, 0) is 30.6 Å². The third-order valence-electron chi connectivity index (χ3n) is 3.86. The predicted molar refractivity (Wildman–Crippen MR) is 46.9 cm³/mol. The Balaban J connectivity index is 2.16. The van der Waals surface area contributed by atoms with Crippen LogP contribution >= 0.6 is 0 Å². The van der Waals surface area contributed by atoms with Crippen LogP contribution in [0, 0.1) is 23.7 Å². The van der Waals surface area contributed by atoms with Crippen LogP contribution in [0.15, 0.2) is 0 Å². The number of aliphatic hydroxyl groups excluding tert-OH is 1. The van der Waals surface area contributed by atoms with Crippen molar-refractivity contribution in [3.8, 4) is 0 Å². The Bertz CT molecular complexity index is 226.